The van der Waals surface area contributed by atoms with E-state index < -0.39 is 12.7 Å². The summed E-state index contributed by atoms with van der Waals surface area (Å²) in [4.78, 5) is 1.49. The van der Waals surface area contributed by atoms with Gasteiger partial charge in [0.25, 0.3) is 0 Å². The highest BCUT2D eigenvalue weighted by Gasteiger charge is 2.33. The molecule has 0 saturated carbocycles. The van der Waals surface area contributed by atoms with Crippen LogP contribution < -0.4 is 5.32 Å². The van der Waals surface area contributed by atoms with Gasteiger partial charge in [-0.1, -0.05) is 13.8 Å². The molecular formula is C11H23F3N2. The van der Waals surface area contributed by atoms with Crippen LogP contribution in [0.15, 0.2) is 0 Å². The molecule has 2 atom stereocenters. The molecule has 0 spiro atoms. The molecular weight excluding hydrogens is 217 g/mol. The Morgan fingerprint density at radius 1 is 1.19 bits per heavy atom. The van der Waals surface area contributed by atoms with Gasteiger partial charge >= 0.3 is 6.18 Å². The summed E-state index contributed by atoms with van der Waals surface area (Å²) in [7, 11) is 0. The van der Waals surface area contributed by atoms with E-state index in [9.17, 15) is 13.2 Å². The van der Waals surface area contributed by atoms with E-state index >= 15 is 0 Å². The predicted octanol–water partition coefficient (Wildman–Crippen LogP) is 2.65. The first-order chi connectivity index (χ1) is 7.31. The summed E-state index contributed by atoms with van der Waals surface area (Å²) in [6.45, 7) is 8.05. The lowest BCUT2D eigenvalue weighted by Gasteiger charge is -2.33. The van der Waals surface area contributed by atoms with Crippen molar-refractivity contribution < 1.29 is 13.2 Å². The van der Waals surface area contributed by atoms with Crippen LogP contribution in [-0.2, 0) is 0 Å². The molecule has 16 heavy (non-hydrogen) atoms. The molecule has 0 amide bonds. The Balaban J connectivity index is 4.39. The fourth-order valence-electron chi connectivity index (χ4n) is 1.75. The van der Waals surface area contributed by atoms with Crippen LogP contribution in [0.4, 0.5) is 13.2 Å². The van der Waals surface area contributed by atoms with E-state index in [-0.39, 0.29) is 12.1 Å². The highest BCUT2D eigenvalue weighted by molar-refractivity contribution is 4.79. The minimum absolute atomic E-state index is 0.0684. The Kier molecular flexibility index (Phi) is 6.99. The minimum atomic E-state index is -4.12. The Bertz CT molecular complexity index is 183. The molecule has 2 unspecified atom stereocenters. The van der Waals surface area contributed by atoms with Gasteiger partial charge in [-0.05, 0) is 33.4 Å². The summed E-state index contributed by atoms with van der Waals surface area (Å²) < 4.78 is 37.1. The second kappa shape index (κ2) is 7.12. The maximum Gasteiger partial charge on any atom is 0.401 e. The minimum Gasteiger partial charge on any atom is -0.313 e. The van der Waals surface area contributed by atoms with Crippen LogP contribution in [0, 0.1) is 0 Å². The van der Waals surface area contributed by atoms with E-state index in [0.717, 1.165) is 13.0 Å². The third-order valence-electron chi connectivity index (χ3n) is 2.72. The van der Waals surface area contributed by atoms with Crippen molar-refractivity contribution in [1.82, 2.24) is 10.2 Å². The summed E-state index contributed by atoms with van der Waals surface area (Å²) in [5.41, 5.74) is 0. The number of nitrogens with one attached hydrogen (secondary N) is 1. The number of rotatable bonds is 7. The van der Waals surface area contributed by atoms with Crippen molar-refractivity contribution in [1.29, 1.82) is 0 Å². The SMILES string of the molecule is CCCN(CC(F)(F)F)C(C)C(C)NCC. The van der Waals surface area contributed by atoms with Gasteiger partial charge in [0.05, 0.1) is 6.54 Å². The molecule has 0 aliphatic heterocycles. The molecule has 98 valence electrons. The van der Waals surface area contributed by atoms with Gasteiger partial charge in [0.2, 0.25) is 0 Å². The lowest BCUT2D eigenvalue weighted by molar-refractivity contribution is -0.151. The molecule has 2 nitrogen and oxygen atoms in total. The molecule has 0 aliphatic carbocycles. The molecule has 0 heterocycles. The van der Waals surface area contributed by atoms with E-state index in [0.29, 0.717) is 6.54 Å². The van der Waals surface area contributed by atoms with E-state index in [2.05, 4.69) is 5.32 Å². The Morgan fingerprint density at radius 2 is 1.75 bits per heavy atom. The number of likely N-dealkylation sites (N-methyl/N-ethyl adjacent to an activating group) is 1. The first-order valence-electron chi connectivity index (χ1n) is 5.86. The quantitative estimate of drug-likeness (QED) is 0.736. The lowest BCUT2D eigenvalue weighted by atomic mass is 10.1. The van der Waals surface area contributed by atoms with Crippen molar-refractivity contribution >= 4 is 0 Å². The molecule has 0 aromatic rings. The number of nitrogens with zero attached hydrogens (tertiary/aromatic N) is 1. The zero-order valence-electron chi connectivity index (χ0n) is 10.6. The summed E-state index contributed by atoms with van der Waals surface area (Å²) >= 11 is 0. The van der Waals surface area contributed by atoms with Crippen LogP contribution in [-0.4, -0.2) is 42.8 Å². The fourth-order valence-corrected chi connectivity index (χ4v) is 1.75. The van der Waals surface area contributed by atoms with Crippen LogP contribution in [0.25, 0.3) is 0 Å². The molecule has 0 aromatic heterocycles. The topological polar surface area (TPSA) is 15.3 Å². The van der Waals surface area contributed by atoms with E-state index in [1.807, 2.05) is 27.7 Å². The van der Waals surface area contributed by atoms with Crippen molar-refractivity contribution in [2.24, 2.45) is 0 Å². The van der Waals surface area contributed by atoms with Gasteiger partial charge in [-0.2, -0.15) is 13.2 Å². The van der Waals surface area contributed by atoms with Gasteiger partial charge in [-0.15, -0.1) is 0 Å². The molecule has 0 rings (SSSR count). The molecule has 1 N–H and O–H groups in total. The maximum absolute atomic E-state index is 12.4. The van der Waals surface area contributed by atoms with Crippen molar-refractivity contribution in [2.45, 2.75) is 52.4 Å². The second-order valence-corrected chi connectivity index (χ2v) is 4.17. The third kappa shape index (κ3) is 6.33. The van der Waals surface area contributed by atoms with E-state index in [1.165, 1.54) is 4.90 Å². The van der Waals surface area contributed by atoms with Crippen LogP contribution in [0.2, 0.25) is 0 Å². The average molecular weight is 240 g/mol. The summed E-state index contributed by atoms with van der Waals surface area (Å²) in [5.74, 6) is 0. The Hall–Kier alpha value is -0.290. The highest BCUT2D eigenvalue weighted by Crippen LogP contribution is 2.19. The number of alkyl halides is 3. The van der Waals surface area contributed by atoms with Gasteiger partial charge < -0.3 is 5.32 Å². The third-order valence-corrected chi connectivity index (χ3v) is 2.72. The highest BCUT2D eigenvalue weighted by atomic mass is 19.4. The fraction of sp³-hybridized carbons (Fsp3) is 1.00. The largest absolute Gasteiger partial charge is 0.401 e. The zero-order chi connectivity index (χ0) is 12.8. The maximum atomic E-state index is 12.4. The molecule has 5 heteroatoms. The summed E-state index contributed by atoms with van der Waals surface area (Å²) in [6, 6.07) is -0.0413. The average Bonchev–Trinajstić information content (AvgIpc) is 2.14. The first-order valence-corrected chi connectivity index (χ1v) is 5.86. The summed E-state index contributed by atoms with van der Waals surface area (Å²) in [5, 5.41) is 3.16. The molecule has 0 radical (unpaired) electrons. The van der Waals surface area contributed by atoms with Crippen molar-refractivity contribution in [2.75, 3.05) is 19.6 Å². The molecule has 0 aliphatic rings. The van der Waals surface area contributed by atoms with Gasteiger partial charge in [0, 0.05) is 12.1 Å². The normalized spacial score (nSPS) is 16.5. The monoisotopic (exact) mass is 240 g/mol. The van der Waals surface area contributed by atoms with Crippen molar-refractivity contribution in [3.63, 3.8) is 0 Å². The van der Waals surface area contributed by atoms with Gasteiger partial charge in [-0.25, -0.2) is 0 Å². The van der Waals surface area contributed by atoms with Crippen molar-refractivity contribution in [3.8, 4) is 0 Å². The van der Waals surface area contributed by atoms with E-state index in [4.69, 9.17) is 0 Å². The van der Waals surface area contributed by atoms with Crippen LogP contribution in [0.3, 0.4) is 0 Å². The van der Waals surface area contributed by atoms with Crippen LogP contribution >= 0.6 is 0 Å². The van der Waals surface area contributed by atoms with Crippen LogP contribution in [0.1, 0.15) is 34.1 Å². The first kappa shape index (κ1) is 15.7. The van der Waals surface area contributed by atoms with Crippen LogP contribution in [0.5, 0.6) is 0 Å². The van der Waals surface area contributed by atoms with Gasteiger partial charge in [0.15, 0.2) is 0 Å². The zero-order valence-corrected chi connectivity index (χ0v) is 10.6. The predicted molar refractivity (Wildman–Crippen MR) is 60.5 cm³/mol. The molecule has 0 fully saturated rings. The Labute approximate surface area is 96.2 Å². The number of halogens is 3. The van der Waals surface area contributed by atoms with Crippen molar-refractivity contribution in [3.05, 3.63) is 0 Å². The molecule has 0 saturated heterocycles. The number of hydrogen-bond donors (Lipinski definition) is 1. The molecule has 0 bridgehead atoms. The van der Waals surface area contributed by atoms with E-state index in [1.54, 1.807) is 0 Å². The van der Waals surface area contributed by atoms with Gasteiger partial charge in [0.1, 0.15) is 0 Å². The lowest BCUT2D eigenvalue weighted by Crippen LogP contribution is -2.50. The summed E-state index contributed by atoms with van der Waals surface area (Å²) in [6.07, 6.45) is -3.38. The number of hydrogen-bond acceptors (Lipinski definition) is 2. The smallest absolute Gasteiger partial charge is 0.313 e. The van der Waals surface area contributed by atoms with Gasteiger partial charge in [-0.3, -0.25) is 4.90 Å². The standard InChI is InChI=1S/C11H23F3N2/c1-5-7-16(8-11(12,13)14)10(4)9(3)15-6-2/h9-10,15H,5-8H2,1-4H3. The molecule has 0 aromatic carbocycles. The Morgan fingerprint density at radius 3 is 2.12 bits per heavy atom. The second-order valence-electron chi connectivity index (χ2n) is 4.17.